The van der Waals surface area contributed by atoms with Crippen molar-refractivity contribution in [1.82, 2.24) is 15.5 Å². The Hall–Kier alpha value is -1.01. The second kappa shape index (κ2) is 7.69. The summed E-state index contributed by atoms with van der Waals surface area (Å²) in [7, 11) is 0. The second-order valence-corrected chi connectivity index (χ2v) is 6.63. The quantitative estimate of drug-likeness (QED) is 0.846. The lowest BCUT2D eigenvalue weighted by atomic mass is 9.84. The lowest BCUT2D eigenvalue weighted by Gasteiger charge is -2.27. The Morgan fingerprint density at radius 3 is 2.90 bits per heavy atom. The lowest BCUT2D eigenvalue weighted by Crippen LogP contribution is -2.32. The van der Waals surface area contributed by atoms with Gasteiger partial charge in [-0.3, -0.25) is 4.79 Å². The maximum Gasteiger partial charge on any atom is 0.226 e. The standard InChI is InChI=1S/C14H24N4OS/c1-3-4-13-17-18-14(20-13)16-12(19)9-10(2)11-5-7-15-8-6-11/h10-11,15H,3-9H2,1-2H3,(H,16,18,19). The molecule has 0 spiro atoms. The zero-order chi connectivity index (χ0) is 14.4. The molecule has 2 N–H and O–H groups in total. The Morgan fingerprint density at radius 1 is 1.45 bits per heavy atom. The fourth-order valence-electron chi connectivity index (χ4n) is 2.66. The fraction of sp³-hybridized carbons (Fsp3) is 0.786. The molecule has 2 rings (SSSR count). The van der Waals surface area contributed by atoms with Gasteiger partial charge in [-0.25, -0.2) is 0 Å². The average molecular weight is 296 g/mol. The van der Waals surface area contributed by atoms with E-state index >= 15 is 0 Å². The van der Waals surface area contributed by atoms with Crippen LogP contribution in [-0.4, -0.2) is 29.2 Å². The third-order valence-corrected chi connectivity index (χ3v) is 4.77. The molecule has 112 valence electrons. The van der Waals surface area contributed by atoms with E-state index in [0.29, 0.717) is 23.4 Å². The van der Waals surface area contributed by atoms with Gasteiger partial charge in [0, 0.05) is 12.8 Å². The minimum Gasteiger partial charge on any atom is -0.317 e. The number of anilines is 1. The van der Waals surface area contributed by atoms with Gasteiger partial charge in [0.25, 0.3) is 0 Å². The summed E-state index contributed by atoms with van der Waals surface area (Å²) in [5.74, 6) is 1.16. The molecule has 1 aliphatic heterocycles. The van der Waals surface area contributed by atoms with Crippen molar-refractivity contribution in [2.24, 2.45) is 11.8 Å². The van der Waals surface area contributed by atoms with Crippen LogP contribution in [0.15, 0.2) is 0 Å². The van der Waals surface area contributed by atoms with Crippen molar-refractivity contribution in [2.45, 2.75) is 46.0 Å². The van der Waals surface area contributed by atoms with E-state index < -0.39 is 0 Å². The van der Waals surface area contributed by atoms with E-state index in [0.717, 1.165) is 30.9 Å². The number of hydrogen-bond acceptors (Lipinski definition) is 5. The second-order valence-electron chi connectivity index (χ2n) is 5.57. The van der Waals surface area contributed by atoms with Crippen LogP contribution in [-0.2, 0) is 11.2 Å². The van der Waals surface area contributed by atoms with E-state index in [2.05, 4.69) is 34.7 Å². The van der Waals surface area contributed by atoms with Crippen LogP contribution in [0.25, 0.3) is 0 Å². The smallest absolute Gasteiger partial charge is 0.226 e. The van der Waals surface area contributed by atoms with Crippen LogP contribution in [0.4, 0.5) is 5.13 Å². The molecule has 1 unspecified atom stereocenters. The molecule has 0 saturated carbocycles. The van der Waals surface area contributed by atoms with Gasteiger partial charge in [-0.2, -0.15) is 0 Å². The van der Waals surface area contributed by atoms with Crippen LogP contribution in [0.2, 0.25) is 0 Å². The number of carbonyl (C=O) groups is 1. The van der Waals surface area contributed by atoms with E-state index in [9.17, 15) is 4.79 Å². The SMILES string of the molecule is CCCc1nnc(NC(=O)CC(C)C2CCNCC2)s1. The summed E-state index contributed by atoms with van der Waals surface area (Å²) in [6, 6.07) is 0. The normalized spacial score (nSPS) is 17.9. The molecular formula is C14H24N4OS. The summed E-state index contributed by atoms with van der Waals surface area (Å²) in [6.45, 7) is 6.44. The first-order chi connectivity index (χ1) is 9.69. The first-order valence-electron chi connectivity index (χ1n) is 7.52. The van der Waals surface area contributed by atoms with Gasteiger partial charge in [0.2, 0.25) is 11.0 Å². The van der Waals surface area contributed by atoms with Gasteiger partial charge in [-0.15, -0.1) is 10.2 Å². The highest BCUT2D eigenvalue weighted by atomic mass is 32.1. The van der Waals surface area contributed by atoms with E-state index in [-0.39, 0.29) is 5.91 Å². The summed E-state index contributed by atoms with van der Waals surface area (Å²) in [5, 5.41) is 16.0. The van der Waals surface area contributed by atoms with Crippen LogP contribution in [0.3, 0.4) is 0 Å². The zero-order valence-electron chi connectivity index (χ0n) is 12.3. The Balaban J connectivity index is 1.78. The predicted octanol–water partition coefficient (Wildman–Crippen LogP) is 2.45. The Bertz CT molecular complexity index is 429. The van der Waals surface area contributed by atoms with Crippen LogP contribution in [0.1, 0.15) is 44.5 Å². The van der Waals surface area contributed by atoms with Crippen LogP contribution in [0, 0.1) is 11.8 Å². The molecule has 1 aromatic heterocycles. The van der Waals surface area contributed by atoms with E-state index in [1.54, 1.807) is 0 Å². The van der Waals surface area contributed by atoms with Crippen molar-refractivity contribution in [3.8, 4) is 0 Å². The van der Waals surface area contributed by atoms with Crippen molar-refractivity contribution >= 4 is 22.4 Å². The molecule has 1 aromatic rings. The molecule has 0 bridgehead atoms. The molecule has 5 nitrogen and oxygen atoms in total. The van der Waals surface area contributed by atoms with E-state index in [4.69, 9.17) is 0 Å². The van der Waals surface area contributed by atoms with Gasteiger partial charge in [-0.1, -0.05) is 25.2 Å². The van der Waals surface area contributed by atoms with Crippen molar-refractivity contribution in [3.05, 3.63) is 5.01 Å². The summed E-state index contributed by atoms with van der Waals surface area (Å²) in [5.41, 5.74) is 0. The highest BCUT2D eigenvalue weighted by Crippen LogP contribution is 2.25. The highest BCUT2D eigenvalue weighted by molar-refractivity contribution is 7.15. The summed E-state index contributed by atoms with van der Waals surface area (Å²) < 4.78 is 0. The third kappa shape index (κ3) is 4.52. The Morgan fingerprint density at radius 2 is 2.20 bits per heavy atom. The maximum atomic E-state index is 12.0. The first kappa shape index (κ1) is 15.4. The van der Waals surface area contributed by atoms with Crippen LogP contribution in [0.5, 0.6) is 0 Å². The van der Waals surface area contributed by atoms with Gasteiger partial charge in [0.15, 0.2) is 0 Å². The molecule has 0 radical (unpaired) electrons. The molecular weight excluding hydrogens is 272 g/mol. The lowest BCUT2D eigenvalue weighted by molar-refractivity contribution is -0.117. The number of nitrogens with one attached hydrogen (secondary N) is 2. The van der Waals surface area contributed by atoms with Gasteiger partial charge in [-0.05, 0) is 44.2 Å². The van der Waals surface area contributed by atoms with E-state index in [1.165, 1.54) is 24.2 Å². The summed E-state index contributed by atoms with van der Waals surface area (Å²) in [6.07, 6.45) is 4.91. The van der Waals surface area contributed by atoms with E-state index in [1.807, 2.05) is 0 Å². The fourth-order valence-corrected chi connectivity index (χ4v) is 3.52. The van der Waals surface area contributed by atoms with Gasteiger partial charge in [0.1, 0.15) is 5.01 Å². The van der Waals surface area contributed by atoms with Crippen molar-refractivity contribution in [3.63, 3.8) is 0 Å². The van der Waals surface area contributed by atoms with Crippen molar-refractivity contribution < 1.29 is 4.79 Å². The van der Waals surface area contributed by atoms with Crippen LogP contribution >= 0.6 is 11.3 Å². The number of aromatic nitrogens is 2. The number of carbonyl (C=O) groups excluding carboxylic acids is 1. The molecule has 1 aliphatic rings. The topological polar surface area (TPSA) is 66.9 Å². The summed E-state index contributed by atoms with van der Waals surface area (Å²) >= 11 is 1.48. The average Bonchev–Trinajstić information content (AvgIpc) is 2.87. The predicted molar refractivity (Wildman–Crippen MR) is 81.9 cm³/mol. The molecule has 1 fully saturated rings. The van der Waals surface area contributed by atoms with Crippen molar-refractivity contribution in [1.29, 1.82) is 0 Å². The Labute approximate surface area is 124 Å². The number of piperidine rings is 1. The first-order valence-corrected chi connectivity index (χ1v) is 8.33. The molecule has 1 saturated heterocycles. The van der Waals surface area contributed by atoms with Gasteiger partial charge >= 0.3 is 0 Å². The minimum absolute atomic E-state index is 0.0650. The zero-order valence-corrected chi connectivity index (χ0v) is 13.1. The Kier molecular flexibility index (Phi) is 5.91. The molecule has 20 heavy (non-hydrogen) atoms. The number of aryl methyl sites for hydroxylation is 1. The molecule has 0 aromatic carbocycles. The third-order valence-electron chi connectivity index (χ3n) is 3.87. The molecule has 2 heterocycles. The number of rotatable bonds is 6. The number of nitrogens with zero attached hydrogens (tertiary/aromatic N) is 2. The molecule has 1 atom stereocenters. The maximum absolute atomic E-state index is 12.0. The van der Waals surface area contributed by atoms with Crippen LogP contribution < -0.4 is 10.6 Å². The molecule has 0 aliphatic carbocycles. The highest BCUT2D eigenvalue weighted by Gasteiger charge is 2.22. The summed E-state index contributed by atoms with van der Waals surface area (Å²) in [4.78, 5) is 12.0. The number of hydrogen-bond donors (Lipinski definition) is 2. The monoisotopic (exact) mass is 296 g/mol. The van der Waals surface area contributed by atoms with Crippen molar-refractivity contribution in [2.75, 3.05) is 18.4 Å². The largest absolute Gasteiger partial charge is 0.317 e. The molecule has 1 amide bonds. The minimum atomic E-state index is 0.0650. The van der Waals surface area contributed by atoms with Gasteiger partial charge < -0.3 is 10.6 Å². The van der Waals surface area contributed by atoms with Gasteiger partial charge in [0.05, 0.1) is 0 Å². The number of amides is 1. The molecule has 6 heteroatoms.